The van der Waals surface area contributed by atoms with Crippen LogP contribution in [-0.4, -0.2) is 35.7 Å². The summed E-state index contributed by atoms with van der Waals surface area (Å²) in [5.74, 6) is 4.44. The molecule has 0 radical (unpaired) electrons. The van der Waals surface area contributed by atoms with E-state index in [1.807, 2.05) is 0 Å². The number of aliphatic hydroxyl groups is 1. The van der Waals surface area contributed by atoms with Gasteiger partial charge in [-0.05, 0) is 117 Å². The van der Waals surface area contributed by atoms with Crippen LogP contribution in [0.1, 0.15) is 98.8 Å². The van der Waals surface area contributed by atoms with Crippen molar-refractivity contribution in [3.8, 4) is 0 Å². The van der Waals surface area contributed by atoms with Gasteiger partial charge in [-0.1, -0.05) is 46.3 Å². The highest BCUT2D eigenvalue weighted by molar-refractivity contribution is 5.25. The SMILES string of the molecule is C[C@H](CN1CCCC(C)(C)C1)[C@H]1CC[C@H]2[C@@H]3CC=C4CC(O)CC[C@]4(C)[C@H]3CC[C@]12C. The fourth-order valence-corrected chi connectivity index (χ4v) is 9.85. The molecule has 0 aromatic rings. The molecule has 0 bridgehead atoms. The molecule has 3 saturated carbocycles. The van der Waals surface area contributed by atoms with Gasteiger partial charge in [-0.2, -0.15) is 0 Å². The molecule has 0 spiro atoms. The number of nitrogens with zero attached hydrogens (tertiary/aromatic N) is 1. The predicted octanol–water partition coefficient (Wildman–Crippen LogP) is 6.68. The molecule has 5 rings (SSSR count). The molecule has 1 aliphatic heterocycles. The van der Waals surface area contributed by atoms with Crippen LogP contribution in [0.4, 0.5) is 0 Å². The number of piperidine rings is 1. The second-order valence-corrected chi connectivity index (χ2v) is 13.9. The standard InChI is InChI=1S/C29H49NO/c1-20(18-30-16-6-13-27(2,3)19-30)24-9-10-25-23-8-7-21-17-22(31)11-14-28(21,4)26(23)12-15-29(24,25)5/h7,20,22-26,31H,6,8-19H2,1-5H3/t20-,22?,23+,24-,25+,26+,28+,29-/m1/s1. The molecule has 0 amide bonds. The first kappa shape index (κ1) is 22.5. The summed E-state index contributed by atoms with van der Waals surface area (Å²) in [6.07, 6.45) is 15.6. The molecular formula is C29H49NO. The van der Waals surface area contributed by atoms with Gasteiger partial charge < -0.3 is 10.0 Å². The molecular weight excluding hydrogens is 378 g/mol. The topological polar surface area (TPSA) is 23.5 Å². The molecule has 5 aliphatic rings. The van der Waals surface area contributed by atoms with Crippen molar-refractivity contribution >= 4 is 0 Å². The van der Waals surface area contributed by atoms with Crippen LogP contribution < -0.4 is 0 Å². The molecule has 0 aromatic heterocycles. The quantitative estimate of drug-likeness (QED) is 0.508. The van der Waals surface area contributed by atoms with E-state index < -0.39 is 0 Å². The van der Waals surface area contributed by atoms with Gasteiger partial charge in [-0.15, -0.1) is 0 Å². The number of likely N-dealkylation sites (tertiary alicyclic amines) is 1. The van der Waals surface area contributed by atoms with Crippen LogP contribution in [0.3, 0.4) is 0 Å². The summed E-state index contributed by atoms with van der Waals surface area (Å²) in [5.41, 5.74) is 3.06. The summed E-state index contributed by atoms with van der Waals surface area (Å²) in [4.78, 5) is 2.81. The average Bonchev–Trinajstić information content (AvgIpc) is 3.05. The van der Waals surface area contributed by atoms with Crippen LogP contribution in [0, 0.1) is 45.8 Å². The van der Waals surface area contributed by atoms with Crippen LogP contribution >= 0.6 is 0 Å². The minimum absolute atomic E-state index is 0.0822. The Kier molecular flexibility index (Phi) is 5.70. The molecule has 31 heavy (non-hydrogen) atoms. The van der Waals surface area contributed by atoms with Crippen molar-refractivity contribution < 1.29 is 5.11 Å². The third kappa shape index (κ3) is 3.76. The highest BCUT2D eigenvalue weighted by atomic mass is 16.3. The van der Waals surface area contributed by atoms with Crippen LogP contribution in [0.2, 0.25) is 0 Å². The molecule has 1 heterocycles. The van der Waals surface area contributed by atoms with Crippen molar-refractivity contribution in [1.29, 1.82) is 0 Å². The lowest BCUT2D eigenvalue weighted by molar-refractivity contribution is -0.0595. The maximum Gasteiger partial charge on any atom is 0.0577 e. The minimum Gasteiger partial charge on any atom is -0.393 e. The fraction of sp³-hybridized carbons (Fsp3) is 0.931. The average molecular weight is 428 g/mol. The Bertz CT molecular complexity index is 712. The first-order valence-corrected chi connectivity index (χ1v) is 13.7. The van der Waals surface area contributed by atoms with Gasteiger partial charge in [0.1, 0.15) is 0 Å². The summed E-state index contributed by atoms with van der Waals surface area (Å²) < 4.78 is 0. The number of rotatable bonds is 3. The zero-order valence-corrected chi connectivity index (χ0v) is 21.1. The van der Waals surface area contributed by atoms with Gasteiger partial charge in [0.2, 0.25) is 0 Å². The normalized spacial score (nSPS) is 48.3. The van der Waals surface area contributed by atoms with Crippen LogP contribution in [0.25, 0.3) is 0 Å². The van der Waals surface area contributed by atoms with E-state index in [0.717, 1.165) is 42.4 Å². The maximum atomic E-state index is 10.3. The Balaban J connectivity index is 1.31. The summed E-state index contributed by atoms with van der Waals surface area (Å²) in [5, 5.41) is 10.3. The lowest BCUT2D eigenvalue weighted by atomic mass is 9.47. The molecule has 4 aliphatic carbocycles. The Morgan fingerprint density at radius 2 is 1.84 bits per heavy atom. The third-order valence-electron chi connectivity index (χ3n) is 11.4. The van der Waals surface area contributed by atoms with Crippen LogP contribution in [0.5, 0.6) is 0 Å². The monoisotopic (exact) mass is 427 g/mol. The second kappa shape index (κ2) is 7.86. The van der Waals surface area contributed by atoms with Crippen molar-refractivity contribution in [2.75, 3.05) is 19.6 Å². The van der Waals surface area contributed by atoms with Crippen LogP contribution in [0.15, 0.2) is 11.6 Å². The zero-order valence-electron chi connectivity index (χ0n) is 21.1. The summed E-state index contributed by atoms with van der Waals surface area (Å²) in [6, 6.07) is 0. The van der Waals surface area contributed by atoms with E-state index in [-0.39, 0.29) is 6.10 Å². The minimum atomic E-state index is -0.0822. The molecule has 1 N–H and O–H groups in total. The van der Waals surface area contributed by atoms with E-state index in [0.29, 0.717) is 16.2 Å². The number of hydrogen-bond acceptors (Lipinski definition) is 2. The van der Waals surface area contributed by atoms with E-state index in [9.17, 15) is 5.11 Å². The number of hydrogen-bond donors (Lipinski definition) is 1. The zero-order chi connectivity index (χ0) is 22.0. The lowest BCUT2D eigenvalue weighted by Crippen LogP contribution is -2.51. The lowest BCUT2D eigenvalue weighted by Gasteiger charge is -2.58. The van der Waals surface area contributed by atoms with E-state index in [4.69, 9.17) is 0 Å². The van der Waals surface area contributed by atoms with Gasteiger partial charge in [-0.3, -0.25) is 0 Å². The van der Waals surface area contributed by atoms with E-state index in [2.05, 4.69) is 45.6 Å². The van der Waals surface area contributed by atoms with E-state index in [1.54, 1.807) is 5.57 Å². The van der Waals surface area contributed by atoms with Crippen molar-refractivity contribution in [3.63, 3.8) is 0 Å². The summed E-state index contributed by atoms with van der Waals surface area (Å²) in [6.45, 7) is 16.7. The Morgan fingerprint density at radius 1 is 1.03 bits per heavy atom. The molecule has 1 saturated heterocycles. The first-order chi connectivity index (χ1) is 14.6. The predicted molar refractivity (Wildman–Crippen MR) is 130 cm³/mol. The highest BCUT2D eigenvalue weighted by Crippen LogP contribution is 2.67. The van der Waals surface area contributed by atoms with Gasteiger partial charge in [0, 0.05) is 13.1 Å². The number of allylic oxidation sites excluding steroid dienone is 1. The molecule has 2 nitrogen and oxygen atoms in total. The molecule has 176 valence electrons. The number of fused-ring (bicyclic) bond motifs is 5. The molecule has 8 atom stereocenters. The Hall–Kier alpha value is -0.340. The van der Waals surface area contributed by atoms with Crippen molar-refractivity contribution in [2.45, 2.75) is 105 Å². The van der Waals surface area contributed by atoms with Crippen molar-refractivity contribution in [2.24, 2.45) is 45.8 Å². The van der Waals surface area contributed by atoms with E-state index >= 15 is 0 Å². The first-order valence-electron chi connectivity index (χ1n) is 13.7. The molecule has 0 aromatic carbocycles. The van der Waals surface area contributed by atoms with Crippen molar-refractivity contribution in [3.05, 3.63) is 11.6 Å². The van der Waals surface area contributed by atoms with E-state index in [1.165, 1.54) is 71.0 Å². The third-order valence-corrected chi connectivity index (χ3v) is 11.4. The Morgan fingerprint density at radius 3 is 2.61 bits per heavy atom. The smallest absolute Gasteiger partial charge is 0.0577 e. The maximum absolute atomic E-state index is 10.3. The van der Waals surface area contributed by atoms with Gasteiger partial charge in [0.15, 0.2) is 0 Å². The van der Waals surface area contributed by atoms with Gasteiger partial charge in [0.25, 0.3) is 0 Å². The summed E-state index contributed by atoms with van der Waals surface area (Å²) >= 11 is 0. The van der Waals surface area contributed by atoms with Gasteiger partial charge in [-0.25, -0.2) is 0 Å². The fourth-order valence-electron chi connectivity index (χ4n) is 9.85. The van der Waals surface area contributed by atoms with Crippen molar-refractivity contribution in [1.82, 2.24) is 4.90 Å². The molecule has 1 unspecified atom stereocenters. The molecule has 4 fully saturated rings. The highest BCUT2D eigenvalue weighted by Gasteiger charge is 2.59. The van der Waals surface area contributed by atoms with Crippen LogP contribution in [-0.2, 0) is 0 Å². The number of aliphatic hydroxyl groups excluding tert-OH is 1. The molecule has 2 heteroatoms. The van der Waals surface area contributed by atoms with Gasteiger partial charge in [0.05, 0.1) is 6.10 Å². The Labute approximate surface area is 192 Å². The summed E-state index contributed by atoms with van der Waals surface area (Å²) in [7, 11) is 0. The van der Waals surface area contributed by atoms with Gasteiger partial charge >= 0.3 is 0 Å². The largest absolute Gasteiger partial charge is 0.393 e. The second-order valence-electron chi connectivity index (χ2n) is 13.9.